The Labute approximate surface area is 154 Å². The van der Waals surface area contributed by atoms with Crippen LogP contribution < -0.4 is 20.2 Å². The molecule has 138 valence electrons. The van der Waals surface area contributed by atoms with Gasteiger partial charge in [0.1, 0.15) is 11.5 Å². The van der Waals surface area contributed by atoms with Crippen LogP contribution in [0, 0.1) is 0 Å². The van der Waals surface area contributed by atoms with Crippen LogP contribution in [0.3, 0.4) is 0 Å². The van der Waals surface area contributed by atoms with E-state index >= 15 is 0 Å². The Bertz CT molecular complexity index is 714. The van der Waals surface area contributed by atoms with Gasteiger partial charge in [-0.15, -0.1) is 0 Å². The minimum absolute atomic E-state index is 0.421. The molecule has 0 aliphatic rings. The fourth-order valence-electron chi connectivity index (χ4n) is 2.16. The third-order valence-electron chi connectivity index (χ3n) is 3.47. The summed E-state index contributed by atoms with van der Waals surface area (Å²) in [4.78, 5) is 11.9. The van der Waals surface area contributed by atoms with E-state index in [-0.39, 0.29) is 0 Å². The van der Waals surface area contributed by atoms with Gasteiger partial charge < -0.3 is 14.8 Å². The highest BCUT2D eigenvalue weighted by atomic mass is 16.5. The summed E-state index contributed by atoms with van der Waals surface area (Å²) in [6.07, 6.45) is 3.66. The number of benzene rings is 2. The monoisotopic (exact) mass is 355 g/mol. The molecule has 2 N–H and O–H groups in total. The molecule has 0 radical (unpaired) electrons. The minimum atomic E-state index is -0.421. The first kappa shape index (κ1) is 19.3. The molecule has 0 heterocycles. The summed E-state index contributed by atoms with van der Waals surface area (Å²) in [5.41, 5.74) is 3.89. The van der Waals surface area contributed by atoms with Gasteiger partial charge in [0.2, 0.25) is 0 Å². The van der Waals surface area contributed by atoms with E-state index in [9.17, 15) is 4.79 Å². The van der Waals surface area contributed by atoms with Crippen molar-refractivity contribution in [3.63, 3.8) is 0 Å². The third-order valence-corrected chi connectivity index (χ3v) is 3.47. The molecule has 0 atom stereocenters. The van der Waals surface area contributed by atoms with E-state index in [1.807, 2.05) is 43.3 Å². The van der Waals surface area contributed by atoms with Crippen molar-refractivity contribution in [1.29, 1.82) is 0 Å². The van der Waals surface area contributed by atoms with Crippen molar-refractivity contribution in [2.75, 3.05) is 18.5 Å². The Morgan fingerprint density at radius 1 is 1.08 bits per heavy atom. The highest BCUT2D eigenvalue weighted by Gasteiger charge is 2.02. The predicted molar refractivity (Wildman–Crippen MR) is 104 cm³/mol. The quantitative estimate of drug-likeness (QED) is 0.397. The molecule has 2 aromatic rings. The maximum Gasteiger partial charge on any atom is 0.339 e. The van der Waals surface area contributed by atoms with Gasteiger partial charge in [0.25, 0.3) is 0 Å². The Morgan fingerprint density at radius 2 is 1.85 bits per heavy atom. The predicted octanol–water partition coefficient (Wildman–Crippen LogP) is 4.42. The number of unbranched alkanes of at least 4 members (excludes halogenated alkanes) is 1. The van der Waals surface area contributed by atoms with Gasteiger partial charge in [-0.2, -0.15) is 5.10 Å². The van der Waals surface area contributed by atoms with E-state index < -0.39 is 6.03 Å². The van der Waals surface area contributed by atoms with E-state index in [1.54, 1.807) is 18.3 Å². The number of urea groups is 1. The van der Waals surface area contributed by atoms with Crippen molar-refractivity contribution in [3.05, 3.63) is 54.1 Å². The van der Waals surface area contributed by atoms with E-state index in [1.165, 1.54) is 0 Å². The van der Waals surface area contributed by atoms with Gasteiger partial charge in [-0.25, -0.2) is 10.2 Å². The molecule has 0 aliphatic heterocycles. The number of carbonyl (C=O) groups is 1. The molecule has 0 saturated carbocycles. The average Bonchev–Trinajstić information content (AvgIpc) is 2.65. The first-order chi connectivity index (χ1) is 12.7. The second-order valence-corrected chi connectivity index (χ2v) is 5.52. The summed E-state index contributed by atoms with van der Waals surface area (Å²) in [6.45, 7) is 5.30. The topological polar surface area (TPSA) is 72.0 Å². The lowest BCUT2D eigenvalue weighted by Gasteiger charge is -2.08. The summed E-state index contributed by atoms with van der Waals surface area (Å²) >= 11 is 0. The van der Waals surface area contributed by atoms with Crippen molar-refractivity contribution in [1.82, 2.24) is 5.43 Å². The molecule has 0 unspecified atom stereocenters. The largest absolute Gasteiger partial charge is 0.494 e. The number of rotatable bonds is 9. The van der Waals surface area contributed by atoms with Crippen LogP contribution in [0.5, 0.6) is 11.5 Å². The molecule has 0 fully saturated rings. The van der Waals surface area contributed by atoms with Gasteiger partial charge in [-0.05, 0) is 49.7 Å². The second-order valence-electron chi connectivity index (χ2n) is 5.52. The smallest absolute Gasteiger partial charge is 0.339 e. The molecular weight excluding hydrogens is 330 g/mol. The Balaban J connectivity index is 1.83. The van der Waals surface area contributed by atoms with Gasteiger partial charge in [0, 0.05) is 11.3 Å². The maximum absolute atomic E-state index is 11.9. The van der Waals surface area contributed by atoms with Gasteiger partial charge in [0.15, 0.2) is 0 Å². The number of hydrogen-bond donors (Lipinski definition) is 2. The van der Waals surface area contributed by atoms with E-state index in [2.05, 4.69) is 22.8 Å². The van der Waals surface area contributed by atoms with Gasteiger partial charge in [0.05, 0.1) is 19.4 Å². The molecule has 0 spiro atoms. The lowest BCUT2D eigenvalue weighted by Crippen LogP contribution is -2.24. The number of hydrazone groups is 1. The fourth-order valence-corrected chi connectivity index (χ4v) is 2.16. The highest BCUT2D eigenvalue weighted by Crippen LogP contribution is 2.16. The molecule has 0 aliphatic carbocycles. The molecule has 0 saturated heterocycles. The van der Waals surface area contributed by atoms with Crippen LogP contribution in [0.1, 0.15) is 32.3 Å². The zero-order chi connectivity index (χ0) is 18.6. The number of ether oxygens (including phenoxy) is 2. The maximum atomic E-state index is 11.9. The summed E-state index contributed by atoms with van der Waals surface area (Å²) in [5.74, 6) is 1.51. The van der Waals surface area contributed by atoms with E-state index in [4.69, 9.17) is 9.47 Å². The number of para-hydroxylation sites is 1. The van der Waals surface area contributed by atoms with Crippen LogP contribution >= 0.6 is 0 Å². The van der Waals surface area contributed by atoms with E-state index in [0.29, 0.717) is 18.9 Å². The zero-order valence-electron chi connectivity index (χ0n) is 15.2. The van der Waals surface area contributed by atoms with Crippen LogP contribution in [0.4, 0.5) is 10.5 Å². The Kier molecular flexibility index (Phi) is 7.99. The molecule has 6 nitrogen and oxygen atoms in total. The first-order valence-corrected chi connectivity index (χ1v) is 8.77. The Morgan fingerprint density at radius 3 is 2.58 bits per heavy atom. The minimum Gasteiger partial charge on any atom is -0.494 e. The molecule has 26 heavy (non-hydrogen) atoms. The average molecular weight is 355 g/mol. The SMILES string of the molecule is CCCCOc1ccc(NC(=O)NN=Cc2ccccc2OCC)cc1. The van der Waals surface area contributed by atoms with Crippen LogP contribution in [0.25, 0.3) is 0 Å². The number of anilines is 1. The number of nitrogens with zero attached hydrogens (tertiary/aromatic N) is 1. The van der Waals surface area contributed by atoms with E-state index in [0.717, 1.165) is 29.9 Å². The molecule has 2 rings (SSSR count). The molecule has 2 aromatic carbocycles. The highest BCUT2D eigenvalue weighted by molar-refractivity contribution is 5.90. The number of nitrogens with one attached hydrogen (secondary N) is 2. The van der Waals surface area contributed by atoms with Gasteiger partial charge >= 0.3 is 6.03 Å². The second kappa shape index (κ2) is 10.8. The molecule has 2 amide bonds. The summed E-state index contributed by atoms with van der Waals surface area (Å²) in [7, 11) is 0. The third kappa shape index (κ3) is 6.47. The lowest BCUT2D eigenvalue weighted by molar-refractivity contribution is 0.252. The molecular formula is C20H25N3O3. The Hall–Kier alpha value is -3.02. The number of amides is 2. The van der Waals surface area contributed by atoms with Crippen LogP contribution in [0.15, 0.2) is 53.6 Å². The summed E-state index contributed by atoms with van der Waals surface area (Å²) < 4.78 is 11.1. The van der Waals surface area contributed by atoms with Crippen molar-refractivity contribution >= 4 is 17.9 Å². The number of hydrogen-bond acceptors (Lipinski definition) is 4. The van der Waals surface area contributed by atoms with Crippen molar-refractivity contribution in [3.8, 4) is 11.5 Å². The van der Waals surface area contributed by atoms with Gasteiger partial charge in [-0.1, -0.05) is 25.5 Å². The first-order valence-electron chi connectivity index (χ1n) is 8.77. The molecule has 0 aromatic heterocycles. The fraction of sp³-hybridized carbons (Fsp3) is 0.300. The lowest BCUT2D eigenvalue weighted by atomic mass is 10.2. The zero-order valence-corrected chi connectivity index (χ0v) is 15.2. The summed E-state index contributed by atoms with van der Waals surface area (Å²) in [5, 5.41) is 6.67. The van der Waals surface area contributed by atoms with Crippen molar-refractivity contribution in [2.24, 2.45) is 5.10 Å². The van der Waals surface area contributed by atoms with Crippen LogP contribution in [0.2, 0.25) is 0 Å². The van der Waals surface area contributed by atoms with Crippen molar-refractivity contribution in [2.45, 2.75) is 26.7 Å². The molecule has 6 heteroatoms. The van der Waals surface area contributed by atoms with Crippen molar-refractivity contribution < 1.29 is 14.3 Å². The standard InChI is InChI=1S/C20H25N3O3/c1-3-5-14-26-18-12-10-17(11-13-18)22-20(24)23-21-15-16-8-6-7-9-19(16)25-4-2/h6-13,15H,3-5,14H2,1-2H3,(H2,22,23,24). The van der Waals surface area contributed by atoms with Gasteiger partial charge in [-0.3, -0.25) is 0 Å². The van der Waals surface area contributed by atoms with Crippen LogP contribution in [-0.2, 0) is 0 Å². The molecule has 0 bridgehead atoms. The van der Waals surface area contributed by atoms with Crippen LogP contribution in [-0.4, -0.2) is 25.5 Å². The normalized spacial score (nSPS) is 10.5. The number of carbonyl (C=O) groups excluding carboxylic acids is 1. The summed E-state index contributed by atoms with van der Waals surface area (Å²) in [6, 6.07) is 14.3.